The minimum Gasteiger partial charge on any atom is -0.452 e. The maximum Gasteiger partial charge on any atom is 0.331 e. The third kappa shape index (κ3) is 6.96. The van der Waals surface area contributed by atoms with Crippen molar-refractivity contribution in [3.63, 3.8) is 0 Å². The minimum atomic E-state index is -0.607. The average molecular weight is 344 g/mol. The van der Waals surface area contributed by atoms with Crippen molar-refractivity contribution in [3.05, 3.63) is 39.9 Å². The second-order valence-electron chi connectivity index (χ2n) is 4.86. The van der Waals surface area contributed by atoms with E-state index >= 15 is 0 Å². The van der Waals surface area contributed by atoms with E-state index in [0.29, 0.717) is 15.6 Å². The lowest BCUT2D eigenvalue weighted by Crippen LogP contribution is -2.35. The predicted octanol–water partition coefficient (Wildman–Crippen LogP) is 3.85. The van der Waals surface area contributed by atoms with E-state index in [1.807, 2.05) is 13.8 Å². The number of hydrogen-bond donors (Lipinski definition) is 1. The van der Waals surface area contributed by atoms with Gasteiger partial charge in [-0.15, -0.1) is 0 Å². The molecule has 0 aliphatic carbocycles. The molecule has 1 aromatic rings. The first-order valence-corrected chi connectivity index (χ1v) is 7.77. The summed E-state index contributed by atoms with van der Waals surface area (Å²) in [5.74, 6) is -0.920. The van der Waals surface area contributed by atoms with Gasteiger partial charge in [0.1, 0.15) is 0 Å². The fraction of sp³-hybridized carbons (Fsp3) is 0.375. The number of hydrogen-bond acceptors (Lipinski definition) is 3. The van der Waals surface area contributed by atoms with Crippen LogP contribution in [0.15, 0.2) is 24.3 Å². The van der Waals surface area contributed by atoms with Gasteiger partial charge in [0.25, 0.3) is 5.91 Å². The second-order valence-corrected chi connectivity index (χ2v) is 5.71. The zero-order valence-corrected chi connectivity index (χ0v) is 14.1. The lowest BCUT2D eigenvalue weighted by Gasteiger charge is -2.12. The van der Waals surface area contributed by atoms with Gasteiger partial charge < -0.3 is 10.1 Å². The van der Waals surface area contributed by atoms with Gasteiger partial charge in [0.15, 0.2) is 6.61 Å². The Morgan fingerprint density at radius 1 is 1.36 bits per heavy atom. The van der Waals surface area contributed by atoms with E-state index in [1.165, 1.54) is 12.2 Å². The maximum atomic E-state index is 11.6. The second kappa shape index (κ2) is 9.49. The van der Waals surface area contributed by atoms with Crippen LogP contribution in [-0.2, 0) is 14.3 Å². The van der Waals surface area contributed by atoms with Crippen LogP contribution in [0.2, 0.25) is 10.0 Å². The highest BCUT2D eigenvalue weighted by atomic mass is 35.5. The molecule has 0 fully saturated rings. The highest BCUT2D eigenvalue weighted by Crippen LogP contribution is 2.21. The van der Waals surface area contributed by atoms with E-state index in [2.05, 4.69) is 5.32 Å². The van der Waals surface area contributed by atoms with Crippen LogP contribution >= 0.6 is 23.2 Å². The normalized spacial score (nSPS) is 12.2. The molecule has 0 saturated carbocycles. The zero-order chi connectivity index (χ0) is 16.5. The number of carbonyl (C=O) groups is 2. The van der Waals surface area contributed by atoms with E-state index in [0.717, 1.165) is 12.8 Å². The van der Waals surface area contributed by atoms with Crippen molar-refractivity contribution >= 4 is 41.2 Å². The smallest absolute Gasteiger partial charge is 0.331 e. The number of rotatable bonds is 7. The summed E-state index contributed by atoms with van der Waals surface area (Å²) in [4.78, 5) is 23.1. The van der Waals surface area contributed by atoms with Crippen molar-refractivity contribution < 1.29 is 14.3 Å². The molecule has 1 rings (SSSR count). The van der Waals surface area contributed by atoms with E-state index in [9.17, 15) is 9.59 Å². The Hall–Kier alpha value is -1.52. The summed E-state index contributed by atoms with van der Waals surface area (Å²) < 4.78 is 4.86. The fourth-order valence-electron chi connectivity index (χ4n) is 1.80. The van der Waals surface area contributed by atoms with Gasteiger partial charge >= 0.3 is 5.97 Å². The summed E-state index contributed by atoms with van der Waals surface area (Å²) in [6.45, 7) is 3.65. The topological polar surface area (TPSA) is 55.4 Å². The molecule has 0 aliphatic heterocycles. The number of esters is 1. The van der Waals surface area contributed by atoms with Crippen LogP contribution in [0.1, 0.15) is 32.3 Å². The van der Waals surface area contributed by atoms with Crippen molar-refractivity contribution in [3.8, 4) is 0 Å². The van der Waals surface area contributed by atoms with Gasteiger partial charge in [-0.05, 0) is 37.1 Å². The first kappa shape index (κ1) is 18.5. The summed E-state index contributed by atoms with van der Waals surface area (Å²) in [6, 6.07) is 5.00. The first-order valence-electron chi connectivity index (χ1n) is 7.01. The van der Waals surface area contributed by atoms with Crippen LogP contribution < -0.4 is 5.32 Å². The monoisotopic (exact) mass is 343 g/mol. The molecule has 4 nitrogen and oxygen atoms in total. The van der Waals surface area contributed by atoms with Gasteiger partial charge in [-0.25, -0.2) is 4.79 Å². The average Bonchev–Trinajstić information content (AvgIpc) is 2.44. The third-order valence-electron chi connectivity index (χ3n) is 2.84. The Morgan fingerprint density at radius 2 is 2.09 bits per heavy atom. The van der Waals surface area contributed by atoms with Crippen LogP contribution in [0.3, 0.4) is 0 Å². The van der Waals surface area contributed by atoms with E-state index in [1.54, 1.807) is 18.2 Å². The van der Waals surface area contributed by atoms with Crippen molar-refractivity contribution in [2.45, 2.75) is 32.7 Å². The third-order valence-corrected chi connectivity index (χ3v) is 3.40. The van der Waals surface area contributed by atoms with Crippen LogP contribution in [0.5, 0.6) is 0 Å². The Morgan fingerprint density at radius 3 is 2.73 bits per heavy atom. The molecule has 22 heavy (non-hydrogen) atoms. The number of amides is 1. The van der Waals surface area contributed by atoms with Crippen LogP contribution in [0.4, 0.5) is 0 Å². The highest BCUT2D eigenvalue weighted by Gasteiger charge is 2.08. The first-order chi connectivity index (χ1) is 10.4. The van der Waals surface area contributed by atoms with Gasteiger partial charge in [0, 0.05) is 22.2 Å². The molecule has 0 aliphatic rings. The van der Waals surface area contributed by atoms with E-state index in [-0.39, 0.29) is 18.6 Å². The molecule has 1 aromatic carbocycles. The lowest BCUT2D eigenvalue weighted by molar-refractivity contribution is -0.144. The minimum absolute atomic E-state index is 0.0691. The van der Waals surface area contributed by atoms with E-state index in [4.69, 9.17) is 27.9 Å². The predicted molar refractivity (Wildman–Crippen MR) is 89.0 cm³/mol. The molecule has 0 bridgehead atoms. The molecule has 1 unspecified atom stereocenters. The molecule has 0 spiro atoms. The van der Waals surface area contributed by atoms with Crippen LogP contribution in [0.25, 0.3) is 6.08 Å². The molecule has 0 saturated heterocycles. The van der Waals surface area contributed by atoms with Gasteiger partial charge in [0.2, 0.25) is 0 Å². The molecule has 0 radical (unpaired) electrons. The van der Waals surface area contributed by atoms with Crippen molar-refractivity contribution in [1.82, 2.24) is 5.32 Å². The van der Waals surface area contributed by atoms with E-state index < -0.39 is 5.97 Å². The van der Waals surface area contributed by atoms with Gasteiger partial charge in [-0.2, -0.15) is 0 Å². The van der Waals surface area contributed by atoms with Gasteiger partial charge in [-0.1, -0.05) is 42.6 Å². The molecule has 120 valence electrons. The summed E-state index contributed by atoms with van der Waals surface area (Å²) in [5, 5.41) is 3.70. The molecular weight excluding hydrogens is 325 g/mol. The number of carbonyl (C=O) groups excluding carboxylic acids is 2. The van der Waals surface area contributed by atoms with Crippen molar-refractivity contribution in [2.75, 3.05) is 6.61 Å². The molecule has 1 N–H and O–H groups in total. The van der Waals surface area contributed by atoms with Gasteiger partial charge in [0.05, 0.1) is 0 Å². The number of nitrogens with one attached hydrogen (secondary N) is 1. The Labute approximate surface area is 140 Å². The van der Waals surface area contributed by atoms with Crippen LogP contribution in [-0.4, -0.2) is 24.5 Å². The number of ether oxygens (including phenoxy) is 1. The SMILES string of the molecule is CCCC(C)NC(=O)COC(=O)/C=C/c1ccc(Cl)cc1Cl. The van der Waals surface area contributed by atoms with Gasteiger partial charge in [-0.3, -0.25) is 4.79 Å². The standard InChI is InChI=1S/C16H19Cl2NO3/c1-3-4-11(2)19-15(20)10-22-16(21)8-6-12-5-7-13(17)9-14(12)18/h5-9,11H,3-4,10H2,1-2H3,(H,19,20)/b8-6+. The fourth-order valence-corrected chi connectivity index (χ4v) is 2.27. The summed E-state index contributed by atoms with van der Waals surface area (Å²) in [5.41, 5.74) is 0.643. The molecule has 6 heteroatoms. The molecule has 0 aromatic heterocycles. The summed E-state index contributed by atoms with van der Waals surface area (Å²) in [7, 11) is 0. The zero-order valence-electron chi connectivity index (χ0n) is 12.6. The summed E-state index contributed by atoms with van der Waals surface area (Å²) >= 11 is 11.8. The Balaban J connectivity index is 2.43. The quantitative estimate of drug-likeness (QED) is 0.604. The molecule has 1 atom stereocenters. The molecular formula is C16H19Cl2NO3. The van der Waals surface area contributed by atoms with Crippen molar-refractivity contribution in [2.24, 2.45) is 0 Å². The summed E-state index contributed by atoms with van der Waals surface area (Å²) in [6.07, 6.45) is 4.59. The maximum absolute atomic E-state index is 11.6. The number of halogens is 2. The highest BCUT2D eigenvalue weighted by molar-refractivity contribution is 6.35. The van der Waals surface area contributed by atoms with Crippen molar-refractivity contribution in [1.29, 1.82) is 0 Å². The molecule has 0 heterocycles. The Bertz CT molecular complexity index is 558. The number of benzene rings is 1. The largest absolute Gasteiger partial charge is 0.452 e. The molecule has 1 amide bonds. The lowest BCUT2D eigenvalue weighted by atomic mass is 10.2. The Kier molecular flexibility index (Phi) is 7.99. The van der Waals surface area contributed by atoms with Crippen LogP contribution in [0, 0.1) is 0 Å².